The molecule has 2 amide bonds. The minimum atomic E-state index is -0.0608. The van der Waals surface area contributed by atoms with Crippen LogP contribution in [0.4, 0.5) is 16.3 Å². The van der Waals surface area contributed by atoms with Crippen LogP contribution in [0.25, 0.3) is 5.82 Å². The number of carbonyl (C=O) groups excluding carboxylic acids is 1. The van der Waals surface area contributed by atoms with E-state index in [0.717, 1.165) is 34.3 Å². The zero-order chi connectivity index (χ0) is 21.3. The molecule has 4 rings (SSSR count). The van der Waals surface area contributed by atoms with Crippen molar-refractivity contribution in [2.75, 3.05) is 36.4 Å². The summed E-state index contributed by atoms with van der Waals surface area (Å²) in [7, 11) is 0. The van der Waals surface area contributed by atoms with Gasteiger partial charge in [-0.15, -0.1) is 0 Å². The van der Waals surface area contributed by atoms with Crippen LogP contribution in [0.15, 0.2) is 36.7 Å². The summed E-state index contributed by atoms with van der Waals surface area (Å²) < 4.78 is 1.83. The Balaban J connectivity index is 1.41. The number of piperazine rings is 1. The van der Waals surface area contributed by atoms with E-state index >= 15 is 0 Å². The molecule has 0 spiro atoms. The van der Waals surface area contributed by atoms with Gasteiger partial charge in [-0.3, -0.25) is 0 Å². The topological polar surface area (TPSA) is 79.2 Å². The number of nitrogens with zero attached hydrogens (tertiary/aromatic N) is 6. The third kappa shape index (κ3) is 3.98. The standard InChI is InChI=1S/C22H27N7O/c1-15-6-5-7-19(18(15)4)25-22(30)28-10-8-27(9-11-28)20-13-21(24-14-23-20)29-17(3)12-16(2)26-29/h5-7,12-14H,8-11H2,1-4H3,(H,25,30). The van der Waals surface area contributed by atoms with E-state index in [2.05, 4.69) is 25.3 Å². The molecule has 0 radical (unpaired) electrons. The van der Waals surface area contributed by atoms with Crippen molar-refractivity contribution in [3.63, 3.8) is 0 Å². The lowest BCUT2D eigenvalue weighted by Crippen LogP contribution is -2.50. The Morgan fingerprint density at radius 1 is 0.967 bits per heavy atom. The number of hydrogen-bond acceptors (Lipinski definition) is 5. The van der Waals surface area contributed by atoms with Gasteiger partial charge in [0.1, 0.15) is 12.1 Å². The van der Waals surface area contributed by atoms with Crippen molar-refractivity contribution in [1.82, 2.24) is 24.6 Å². The molecule has 3 heterocycles. The normalized spacial score (nSPS) is 14.1. The molecule has 1 aromatic carbocycles. The second kappa shape index (κ2) is 8.14. The van der Waals surface area contributed by atoms with E-state index in [1.165, 1.54) is 5.56 Å². The summed E-state index contributed by atoms with van der Waals surface area (Å²) in [5, 5.41) is 7.55. The second-order valence-electron chi connectivity index (χ2n) is 7.73. The van der Waals surface area contributed by atoms with Gasteiger partial charge in [0, 0.05) is 43.6 Å². The molecular formula is C22H27N7O. The number of nitrogens with one attached hydrogen (secondary N) is 1. The number of anilines is 2. The van der Waals surface area contributed by atoms with Crippen molar-refractivity contribution in [3.05, 3.63) is 59.2 Å². The molecule has 30 heavy (non-hydrogen) atoms. The van der Waals surface area contributed by atoms with Gasteiger partial charge in [0.05, 0.1) is 5.69 Å². The average Bonchev–Trinajstić information content (AvgIpc) is 3.09. The van der Waals surface area contributed by atoms with Crippen LogP contribution in [0.5, 0.6) is 0 Å². The first-order valence-electron chi connectivity index (χ1n) is 10.1. The lowest BCUT2D eigenvalue weighted by molar-refractivity contribution is 0.208. The third-order valence-electron chi connectivity index (χ3n) is 5.60. The first-order chi connectivity index (χ1) is 14.4. The van der Waals surface area contributed by atoms with E-state index in [0.29, 0.717) is 26.2 Å². The van der Waals surface area contributed by atoms with Crippen molar-refractivity contribution >= 4 is 17.5 Å². The Labute approximate surface area is 176 Å². The maximum Gasteiger partial charge on any atom is 0.321 e. The number of carbonyl (C=O) groups is 1. The summed E-state index contributed by atoms with van der Waals surface area (Å²) in [4.78, 5) is 25.6. The SMILES string of the molecule is Cc1cc(C)n(-c2cc(N3CCN(C(=O)Nc4cccc(C)c4C)CC3)ncn2)n1. The molecule has 1 N–H and O–H groups in total. The quantitative estimate of drug-likeness (QED) is 0.724. The van der Waals surface area contributed by atoms with E-state index in [9.17, 15) is 4.79 Å². The fraction of sp³-hybridized carbons (Fsp3) is 0.364. The molecule has 0 aliphatic carbocycles. The highest BCUT2D eigenvalue weighted by Gasteiger charge is 2.23. The van der Waals surface area contributed by atoms with Crippen LogP contribution in [0.3, 0.4) is 0 Å². The minimum Gasteiger partial charge on any atom is -0.353 e. The van der Waals surface area contributed by atoms with Gasteiger partial charge in [-0.2, -0.15) is 5.10 Å². The van der Waals surface area contributed by atoms with Crippen molar-refractivity contribution in [2.24, 2.45) is 0 Å². The first-order valence-corrected chi connectivity index (χ1v) is 10.1. The van der Waals surface area contributed by atoms with Crippen LogP contribution in [-0.2, 0) is 0 Å². The molecule has 8 nitrogen and oxygen atoms in total. The van der Waals surface area contributed by atoms with Crippen molar-refractivity contribution in [3.8, 4) is 5.82 Å². The summed E-state index contributed by atoms with van der Waals surface area (Å²) in [5.41, 5.74) is 5.12. The van der Waals surface area contributed by atoms with Crippen LogP contribution >= 0.6 is 0 Å². The molecule has 1 aliphatic rings. The third-order valence-corrected chi connectivity index (χ3v) is 5.60. The predicted octanol–water partition coefficient (Wildman–Crippen LogP) is 3.25. The molecular weight excluding hydrogens is 378 g/mol. The van der Waals surface area contributed by atoms with E-state index < -0.39 is 0 Å². The number of amides is 2. The number of aromatic nitrogens is 4. The molecule has 1 saturated heterocycles. The van der Waals surface area contributed by atoms with Gasteiger partial charge >= 0.3 is 6.03 Å². The lowest BCUT2D eigenvalue weighted by atomic mass is 10.1. The highest BCUT2D eigenvalue weighted by molar-refractivity contribution is 5.90. The van der Waals surface area contributed by atoms with Gasteiger partial charge < -0.3 is 15.1 Å². The fourth-order valence-corrected chi connectivity index (χ4v) is 3.71. The van der Waals surface area contributed by atoms with Crippen molar-refractivity contribution < 1.29 is 4.79 Å². The maximum atomic E-state index is 12.7. The van der Waals surface area contributed by atoms with Gasteiger partial charge in [-0.05, 0) is 51.0 Å². The van der Waals surface area contributed by atoms with E-state index in [4.69, 9.17) is 0 Å². The number of urea groups is 1. The van der Waals surface area contributed by atoms with Crippen LogP contribution in [-0.4, -0.2) is 56.9 Å². The van der Waals surface area contributed by atoms with Gasteiger partial charge in [0.25, 0.3) is 0 Å². The summed E-state index contributed by atoms with van der Waals surface area (Å²) in [5.74, 6) is 1.60. The molecule has 0 saturated carbocycles. The fourth-order valence-electron chi connectivity index (χ4n) is 3.71. The van der Waals surface area contributed by atoms with Crippen LogP contribution < -0.4 is 10.2 Å². The molecule has 0 atom stereocenters. The highest BCUT2D eigenvalue weighted by atomic mass is 16.2. The van der Waals surface area contributed by atoms with Gasteiger partial charge in [0.15, 0.2) is 5.82 Å². The van der Waals surface area contributed by atoms with Crippen LogP contribution in [0.1, 0.15) is 22.5 Å². The number of aryl methyl sites for hydroxylation is 3. The molecule has 8 heteroatoms. The summed E-state index contributed by atoms with van der Waals surface area (Å²) >= 11 is 0. The first kappa shape index (κ1) is 19.9. The molecule has 2 aromatic heterocycles. The smallest absolute Gasteiger partial charge is 0.321 e. The Morgan fingerprint density at radius 3 is 2.40 bits per heavy atom. The summed E-state index contributed by atoms with van der Waals surface area (Å²) in [6.07, 6.45) is 1.57. The van der Waals surface area contributed by atoms with Crippen molar-refractivity contribution in [2.45, 2.75) is 27.7 Å². The van der Waals surface area contributed by atoms with Gasteiger partial charge in [-0.1, -0.05) is 12.1 Å². The maximum absolute atomic E-state index is 12.7. The molecule has 0 bridgehead atoms. The van der Waals surface area contributed by atoms with E-state index in [1.807, 2.05) is 67.6 Å². The number of rotatable bonds is 3. The monoisotopic (exact) mass is 405 g/mol. The Bertz CT molecular complexity index is 1070. The predicted molar refractivity (Wildman–Crippen MR) is 117 cm³/mol. The number of hydrogen-bond donors (Lipinski definition) is 1. The average molecular weight is 406 g/mol. The summed E-state index contributed by atoms with van der Waals surface area (Å²) in [6, 6.07) is 9.87. The molecule has 156 valence electrons. The zero-order valence-corrected chi connectivity index (χ0v) is 17.9. The Kier molecular flexibility index (Phi) is 5.39. The minimum absolute atomic E-state index is 0.0608. The van der Waals surface area contributed by atoms with E-state index in [-0.39, 0.29) is 6.03 Å². The van der Waals surface area contributed by atoms with Gasteiger partial charge in [0.2, 0.25) is 0 Å². The summed E-state index contributed by atoms with van der Waals surface area (Å²) in [6.45, 7) is 10.8. The molecule has 1 aliphatic heterocycles. The van der Waals surface area contributed by atoms with Gasteiger partial charge in [-0.25, -0.2) is 19.4 Å². The van der Waals surface area contributed by atoms with Crippen LogP contribution in [0.2, 0.25) is 0 Å². The highest BCUT2D eigenvalue weighted by Crippen LogP contribution is 2.20. The zero-order valence-electron chi connectivity index (χ0n) is 17.9. The molecule has 3 aromatic rings. The molecule has 1 fully saturated rings. The van der Waals surface area contributed by atoms with E-state index in [1.54, 1.807) is 6.33 Å². The Morgan fingerprint density at radius 2 is 1.70 bits per heavy atom. The van der Waals surface area contributed by atoms with Crippen LogP contribution in [0, 0.1) is 27.7 Å². The number of benzene rings is 1. The van der Waals surface area contributed by atoms with Crippen molar-refractivity contribution in [1.29, 1.82) is 0 Å². The lowest BCUT2D eigenvalue weighted by Gasteiger charge is -2.35. The molecule has 0 unspecified atom stereocenters. The Hall–Kier alpha value is -3.42. The largest absolute Gasteiger partial charge is 0.353 e. The second-order valence-corrected chi connectivity index (χ2v) is 7.73.